The molecule has 3 atom stereocenters. The summed E-state index contributed by atoms with van der Waals surface area (Å²) in [6.07, 6.45) is 4.54. The zero-order chi connectivity index (χ0) is 14.9. The summed E-state index contributed by atoms with van der Waals surface area (Å²) in [6, 6.07) is -0.165. The molecule has 0 radical (unpaired) electrons. The molecular formula is C15H27N3O2. The lowest BCUT2D eigenvalue weighted by molar-refractivity contribution is -0.136. The molecule has 2 aliphatic rings. The maximum Gasteiger partial charge on any atom is 0.245 e. The van der Waals surface area contributed by atoms with Crippen LogP contribution in [0.15, 0.2) is 0 Å². The summed E-state index contributed by atoms with van der Waals surface area (Å²) in [7, 11) is 0. The molecule has 1 heterocycles. The van der Waals surface area contributed by atoms with Crippen molar-refractivity contribution in [3.05, 3.63) is 0 Å². The molecule has 2 rings (SSSR count). The Hall–Kier alpha value is -1.10. The van der Waals surface area contributed by atoms with Crippen LogP contribution in [0.3, 0.4) is 0 Å². The van der Waals surface area contributed by atoms with Crippen LogP contribution in [0.4, 0.5) is 0 Å². The van der Waals surface area contributed by atoms with E-state index in [1.54, 1.807) is 0 Å². The van der Waals surface area contributed by atoms with Gasteiger partial charge >= 0.3 is 0 Å². The molecule has 5 nitrogen and oxygen atoms in total. The Morgan fingerprint density at radius 1 is 1.40 bits per heavy atom. The van der Waals surface area contributed by atoms with Crippen molar-refractivity contribution in [2.75, 3.05) is 6.54 Å². The number of nitrogens with two attached hydrogens (primary N) is 1. The third kappa shape index (κ3) is 2.97. The second kappa shape index (κ2) is 5.72. The van der Waals surface area contributed by atoms with E-state index < -0.39 is 5.54 Å². The minimum atomic E-state index is -0.443. The molecule has 3 unspecified atom stereocenters. The molecule has 0 aromatic carbocycles. The third-order valence-electron chi connectivity index (χ3n) is 4.75. The smallest absolute Gasteiger partial charge is 0.245 e. The monoisotopic (exact) mass is 281 g/mol. The number of nitrogens with zero attached hydrogens (tertiary/aromatic N) is 1. The lowest BCUT2D eigenvalue weighted by Crippen LogP contribution is -2.55. The van der Waals surface area contributed by atoms with Crippen LogP contribution in [-0.4, -0.2) is 40.9 Å². The number of hydrogen-bond acceptors (Lipinski definition) is 3. The summed E-state index contributed by atoms with van der Waals surface area (Å²) in [4.78, 5) is 26.5. The molecule has 1 aliphatic carbocycles. The van der Waals surface area contributed by atoms with Crippen LogP contribution in [0, 0.1) is 5.92 Å². The Balaban J connectivity index is 1.97. The average molecular weight is 281 g/mol. The van der Waals surface area contributed by atoms with Gasteiger partial charge in [0.1, 0.15) is 6.04 Å². The summed E-state index contributed by atoms with van der Waals surface area (Å²) >= 11 is 0. The molecular weight excluding hydrogens is 254 g/mol. The fourth-order valence-electron chi connectivity index (χ4n) is 3.41. The lowest BCUT2D eigenvalue weighted by Gasteiger charge is -2.37. The molecule has 1 saturated carbocycles. The molecule has 0 aromatic heterocycles. The van der Waals surface area contributed by atoms with Crippen molar-refractivity contribution < 1.29 is 9.59 Å². The second-order valence-corrected chi connectivity index (χ2v) is 6.78. The Bertz CT molecular complexity index is 393. The quantitative estimate of drug-likeness (QED) is 0.811. The first-order chi connectivity index (χ1) is 9.33. The highest BCUT2D eigenvalue weighted by molar-refractivity contribution is 5.90. The normalized spacial score (nSPS) is 34.6. The predicted molar refractivity (Wildman–Crippen MR) is 77.9 cm³/mol. The fraction of sp³-hybridized carbons (Fsp3) is 0.867. The van der Waals surface area contributed by atoms with Crippen molar-refractivity contribution in [3.8, 4) is 0 Å². The zero-order valence-corrected chi connectivity index (χ0v) is 12.8. The van der Waals surface area contributed by atoms with Crippen molar-refractivity contribution in [2.24, 2.45) is 11.7 Å². The van der Waals surface area contributed by atoms with E-state index in [9.17, 15) is 9.59 Å². The molecule has 1 saturated heterocycles. The summed E-state index contributed by atoms with van der Waals surface area (Å²) in [5, 5.41) is 2.93. The second-order valence-electron chi connectivity index (χ2n) is 6.78. The van der Waals surface area contributed by atoms with E-state index in [4.69, 9.17) is 5.73 Å². The van der Waals surface area contributed by atoms with E-state index >= 15 is 0 Å². The number of nitrogens with one attached hydrogen (secondary N) is 1. The van der Waals surface area contributed by atoms with Gasteiger partial charge in [0.15, 0.2) is 0 Å². The Morgan fingerprint density at radius 2 is 2.10 bits per heavy atom. The topological polar surface area (TPSA) is 75.4 Å². The first-order valence-corrected chi connectivity index (χ1v) is 7.72. The van der Waals surface area contributed by atoms with E-state index in [1.807, 2.05) is 25.7 Å². The number of carbonyl (C=O) groups excluding carboxylic acids is 2. The number of rotatable bonds is 3. The number of amides is 2. The Morgan fingerprint density at radius 3 is 2.65 bits per heavy atom. The zero-order valence-electron chi connectivity index (χ0n) is 12.8. The standard InChI is InChI=1S/C15H27N3O2/c1-10(2)18-9-7-12(14(18)20)17-13(19)11-6-4-5-8-15(11,3)16/h10-12H,4-9,16H2,1-3H3,(H,17,19). The summed E-state index contributed by atoms with van der Waals surface area (Å²) in [5.41, 5.74) is 5.81. The molecule has 5 heteroatoms. The molecule has 0 bridgehead atoms. The molecule has 1 aliphatic heterocycles. The minimum absolute atomic E-state index is 0.0429. The van der Waals surface area contributed by atoms with Gasteiger partial charge in [0.25, 0.3) is 0 Å². The van der Waals surface area contributed by atoms with E-state index in [-0.39, 0.29) is 29.8 Å². The minimum Gasteiger partial charge on any atom is -0.344 e. The van der Waals surface area contributed by atoms with Crippen LogP contribution in [-0.2, 0) is 9.59 Å². The predicted octanol–water partition coefficient (Wildman–Crippen LogP) is 1.02. The van der Waals surface area contributed by atoms with Crippen molar-refractivity contribution >= 4 is 11.8 Å². The van der Waals surface area contributed by atoms with Crippen LogP contribution in [0.25, 0.3) is 0 Å². The number of likely N-dealkylation sites (tertiary alicyclic amines) is 1. The van der Waals surface area contributed by atoms with Crippen LogP contribution in [0.1, 0.15) is 52.9 Å². The van der Waals surface area contributed by atoms with Gasteiger partial charge in [0, 0.05) is 18.1 Å². The molecule has 0 aromatic rings. The van der Waals surface area contributed by atoms with Gasteiger partial charge in [0.2, 0.25) is 11.8 Å². The molecule has 114 valence electrons. The first-order valence-electron chi connectivity index (χ1n) is 7.72. The van der Waals surface area contributed by atoms with Crippen molar-refractivity contribution in [2.45, 2.75) is 70.5 Å². The van der Waals surface area contributed by atoms with Crippen molar-refractivity contribution in [1.82, 2.24) is 10.2 Å². The Labute approximate surface area is 121 Å². The van der Waals surface area contributed by atoms with Gasteiger partial charge in [0.05, 0.1) is 5.92 Å². The maximum atomic E-state index is 12.4. The van der Waals surface area contributed by atoms with E-state index in [0.717, 1.165) is 32.2 Å². The third-order valence-corrected chi connectivity index (χ3v) is 4.75. The first kappa shape index (κ1) is 15.3. The van der Waals surface area contributed by atoms with Gasteiger partial charge in [-0.15, -0.1) is 0 Å². The van der Waals surface area contributed by atoms with Gasteiger partial charge in [-0.3, -0.25) is 9.59 Å². The van der Waals surface area contributed by atoms with E-state index in [2.05, 4.69) is 5.32 Å². The molecule has 2 fully saturated rings. The summed E-state index contributed by atoms with van der Waals surface area (Å²) in [5.74, 6) is -0.168. The van der Waals surface area contributed by atoms with Gasteiger partial charge in [-0.1, -0.05) is 12.8 Å². The van der Waals surface area contributed by atoms with Gasteiger partial charge in [-0.2, -0.15) is 0 Å². The largest absolute Gasteiger partial charge is 0.344 e. The summed E-state index contributed by atoms with van der Waals surface area (Å²) in [6.45, 7) is 6.68. The highest BCUT2D eigenvalue weighted by Gasteiger charge is 2.41. The Kier molecular flexibility index (Phi) is 4.37. The van der Waals surface area contributed by atoms with Crippen LogP contribution in [0.5, 0.6) is 0 Å². The summed E-state index contributed by atoms with van der Waals surface area (Å²) < 4.78 is 0. The SMILES string of the molecule is CC(C)N1CCC(NC(=O)C2CCCCC2(C)N)C1=O. The fourth-order valence-corrected chi connectivity index (χ4v) is 3.41. The molecule has 2 amide bonds. The highest BCUT2D eigenvalue weighted by Crippen LogP contribution is 2.32. The van der Waals surface area contributed by atoms with Crippen molar-refractivity contribution in [3.63, 3.8) is 0 Å². The van der Waals surface area contributed by atoms with Gasteiger partial charge in [-0.25, -0.2) is 0 Å². The maximum absolute atomic E-state index is 12.4. The molecule has 20 heavy (non-hydrogen) atoms. The average Bonchev–Trinajstić information content (AvgIpc) is 2.70. The van der Waals surface area contributed by atoms with Crippen LogP contribution in [0.2, 0.25) is 0 Å². The lowest BCUT2D eigenvalue weighted by atomic mass is 9.74. The van der Waals surface area contributed by atoms with Gasteiger partial charge in [-0.05, 0) is 40.0 Å². The van der Waals surface area contributed by atoms with Gasteiger partial charge < -0.3 is 16.0 Å². The number of carbonyl (C=O) groups is 2. The van der Waals surface area contributed by atoms with Crippen LogP contribution >= 0.6 is 0 Å². The van der Waals surface area contributed by atoms with Crippen LogP contribution < -0.4 is 11.1 Å². The highest BCUT2D eigenvalue weighted by atomic mass is 16.2. The molecule has 0 spiro atoms. The van der Waals surface area contributed by atoms with E-state index in [1.165, 1.54) is 0 Å². The van der Waals surface area contributed by atoms with E-state index in [0.29, 0.717) is 6.42 Å². The van der Waals surface area contributed by atoms with Crippen molar-refractivity contribution in [1.29, 1.82) is 0 Å². The number of hydrogen-bond donors (Lipinski definition) is 2. The molecule has 3 N–H and O–H groups in total.